The predicted octanol–water partition coefficient (Wildman–Crippen LogP) is 4.42. The van der Waals surface area contributed by atoms with E-state index in [4.69, 9.17) is 0 Å². The summed E-state index contributed by atoms with van der Waals surface area (Å²) < 4.78 is 1.94. The number of aryl methyl sites for hydroxylation is 1. The second kappa shape index (κ2) is 6.46. The van der Waals surface area contributed by atoms with Crippen molar-refractivity contribution in [3.8, 4) is 0 Å². The third-order valence-electron chi connectivity index (χ3n) is 6.58. The third kappa shape index (κ3) is 2.57. The number of aromatic nitrogens is 1. The molecule has 28 heavy (non-hydrogen) atoms. The first-order chi connectivity index (χ1) is 13.6. The largest absolute Gasteiger partial charge is 0.302 e. The van der Waals surface area contributed by atoms with Gasteiger partial charge in [-0.3, -0.25) is 9.36 Å². The van der Waals surface area contributed by atoms with Crippen molar-refractivity contribution in [2.24, 2.45) is 0 Å². The number of rotatable bonds is 4. The van der Waals surface area contributed by atoms with Gasteiger partial charge in [0.25, 0.3) is 0 Å². The molecule has 0 fully saturated rings. The highest BCUT2D eigenvalue weighted by molar-refractivity contribution is 5.93. The quantitative estimate of drug-likeness (QED) is 0.502. The molecule has 2 aliphatic rings. The van der Waals surface area contributed by atoms with Crippen molar-refractivity contribution in [2.45, 2.75) is 38.1 Å². The van der Waals surface area contributed by atoms with Crippen molar-refractivity contribution in [1.82, 2.24) is 9.47 Å². The molecule has 1 aromatic heterocycles. The van der Waals surface area contributed by atoms with Crippen LogP contribution < -0.4 is 0 Å². The van der Waals surface area contributed by atoms with E-state index < -0.39 is 0 Å². The van der Waals surface area contributed by atoms with E-state index in [0.29, 0.717) is 0 Å². The molecule has 0 amide bonds. The molecule has 0 spiro atoms. The van der Waals surface area contributed by atoms with Crippen LogP contribution in [0.1, 0.15) is 34.4 Å². The van der Waals surface area contributed by atoms with Gasteiger partial charge in [-0.2, -0.15) is 0 Å². The van der Waals surface area contributed by atoms with Crippen LogP contribution in [0.15, 0.2) is 54.6 Å². The van der Waals surface area contributed by atoms with Crippen molar-refractivity contribution in [3.63, 3.8) is 0 Å². The molecule has 1 unspecified atom stereocenters. The zero-order valence-corrected chi connectivity index (χ0v) is 16.6. The SMILES string of the molecule is Cc1cc(CC2(c3ccccc3)C=CC2)c2c(c1)c1c(n2C=O)CCN(C)C1. The highest BCUT2D eigenvalue weighted by Gasteiger charge is 2.35. The summed E-state index contributed by atoms with van der Waals surface area (Å²) in [6.45, 7) is 4.09. The van der Waals surface area contributed by atoms with E-state index in [-0.39, 0.29) is 5.41 Å². The van der Waals surface area contributed by atoms with Crippen LogP contribution in [0.3, 0.4) is 0 Å². The molecule has 1 aliphatic heterocycles. The Morgan fingerprint density at radius 3 is 2.64 bits per heavy atom. The average molecular weight is 370 g/mol. The first-order valence-electron chi connectivity index (χ1n) is 10.1. The zero-order valence-electron chi connectivity index (χ0n) is 16.6. The summed E-state index contributed by atoms with van der Waals surface area (Å²) >= 11 is 0. The molecule has 5 rings (SSSR count). The number of likely N-dealkylation sites (N-methyl/N-ethyl adjacent to an activating group) is 1. The molecule has 0 bridgehead atoms. The number of carbonyl (C=O) groups excluding carboxylic acids is 1. The monoisotopic (exact) mass is 370 g/mol. The summed E-state index contributed by atoms with van der Waals surface area (Å²) in [5.74, 6) is 0. The zero-order chi connectivity index (χ0) is 19.3. The fourth-order valence-electron chi connectivity index (χ4n) is 5.11. The van der Waals surface area contributed by atoms with E-state index in [1.807, 2.05) is 4.57 Å². The Morgan fingerprint density at radius 1 is 1.18 bits per heavy atom. The van der Waals surface area contributed by atoms with Crippen molar-refractivity contribution < 1.29 is 4.79 Å². The van der Waals surface area contributed by atoms with Gasteiger partial charge in [-0.05, 0) is 49.6 Å². The lowest BCUT2D eigenvalue weighted by Crippen LogP contribution is -2.31. The highest BCUT2D eigenvalue weighted by Crippen LogP contribution is 2.42. The molecule has 0 saturated heterocycles. The minimum atomic E-state index is 0.0390. The van der Waals surface area contributed by atoms with Crippen LogP contribution in [0.5, 0.6) is 0 Å². The van der Waals surface area contributed by atoms with Gasteiger partial charge in [-0.1, -0.05) is 54.1 Å². The average Bonchev–Trinajstić information content (AvgIpc) is 2.98. The molecule has 1 atom stereocenters. The van der Waals surface area contributed by atoms with Crippen molar-refractivity contribution in [2.75, 3.05) is 13.6 Å². The third-order valence-corrected chi connectivity index (χ3v) is 6.58. The molecule has 1 aliphatic carbocycles. The van der Waals surface area contributed by atoms with Crippen LogP contribution in [-0.2, 0) is 29.6 Å². The Kier molecular flexibility index (Phi) is 4.02. The Labute approximate surface area is 166 Å². The van der Waals surface area contributed by atoms with Gasteiger partial charge >= 0.3 is 0 Å². The number of hydrogen-bond donors (Lipinski definition) is 0. The molecule has 3 nitrogen and oxygen atoms in total. The summed E-state index contributed by atoms with van der Waals surface area (Å²) in [4.78, 5) is 14.5. The van der Waals surface area contributed by atoms with Gasteiger partial charge < -0.3 is 4.90 Å². The Hall–Kier alpha value is -2.65. The van der Waals surface area contributed by atoms with E-state index in [1.54, 1.807) is 0 Å². The lowest BCUT2D eigenvalue weighted by molar-refractivity contribution is 0.311. The second-order valence-electron chi connectivity index (χ2n) is 8.51. The molecular formula is C25H26N2O. The van der Waals surface area contributed by atoms with Gasteiger partial charge in [0, 0.05) is 36.0 Å². The van der Waals surface area contributed by atoms with E-state index >= 15 is 0 Å². The summed E-state index contributed by atoms with van der Waals surface area (Å²) in [6.07, 6.45) is 8.55. The first-order valence-corrected chi connectivity index (χ1v) is 10.1. The van der Waals surface area contributed by atoms with Crippen molar-refractivity contribution in [3.05, 3.63) is 82.6 Å². The van der Waals surface area contributed by atoms with Gasteiger partial charge in [0.2, 0.25) is 6.41 Å². The fourth-order valence-corrected chi connectivity index (χ4v) is 5.11. The van der Waals surface area contributed by atoms with Crippen LogP contribution in [0.2, 0.25) is 0 Å². The molecule has 0 N–H and O–H groups in total. The summed E-state index contributed by atoms with van der Waals surface area (Å²) in [6, 6.07) is 15.3. The minimum Gasteiger partial charge on any atom is -0.302 e. The maximum absolute atomic E-state index is 12.1. The molecule has 0 saturated carbocycles. The van der Waals surface area contributed by atoms with Crippen LogP contribution in [0, 0.1) is 6.92 Å². The Balaban J connectivity index is 1.70. The number of carbonyl (C=O) groups is 1. The number of benzene rings is 2. The molecule has 142 valence electrons. The van der Waals surface area contributed by atoms with E-state index in [2.05, 4.69) is 73.5 Å². The normalized spacial score (nSPS) is 21.5. The summed E-state index contributed by atoms with van der Waals surface area (Å²) in [5, 5.41) is 1.26. The smallest absolute Gasteiger partial charge is 0.218 e. The van der Waals surface area contributed by atoms with Crippen LogP contribution in [0.4, 0.5) is 0 Å². The topological polar surface area (TPSA) is 25.2 Å². The van der Waals surface area contributed by atoms with Gasteiger partial charge in [0.1, 0.15) is 0 Å². The standard InChI is InChI=1S/C25H26N2O/c1-18-13-19(15-25(10-6-11-25)20-7-4-3-5-8-20)24-21(14-18)22-16-26(2)12-9-23(22)27(24)17-28/h3-8,10,13-14,17H,9,11-12,15-16H2,1-2H3. The molecule has 0 radical (unpaired) electrons. The van der Waals surface area contributed by atoms with Gasteiger partial charge in [0.15, 0.2) is 0 Å². The Bertz CT molecular complexity index is 1090. The first kappa shape index (κ1) is 17.4. The minimum absolute atomic E-state index is 0.0390. The predicted molar refractivity (Wildman–Crippen MR) is 114 cm³/mol. The van der Waals surface area contributed by atoms with E-state index in [1.165, 1.54) is 33.3 Å². The van der Waals surface area contributed by atoms with Crippen molar-refractivity contribution >= 4 is 17.3 Å². The summed E-state index contributed by atoms with van der Waals surface area (Å²) in [5.41, 5.74) is 7.61. The fraction of sp³-hybridized carbons (Fsp3) is 0.320. The molecular weight excluding hydrogens is 344 g/mol. The number of nitrogens with zero attached hydrogens (tertiary/aromatic N) is 2. The molecule has 2 aromatic carbocycles. The van der Waals surface area contributed by atoms with Crippen LogP contribution in [0.25, 0.3) is 10.9 Å². The van der Waals surface area contributed by atoms with Crippen LogP contribution >= 0.6 is 0 Å². The number of fused-ring (bicyclic) bond motifs is 3. The number of hydrogen-bond acceptors (Lipinski definition) is 2. The van der Waals surface area contributed by atoms with Gasteiger partial charge in [-0.15, -0.1) is 0 Å². The lowest BCUT2D eigenvalue weighted by atomic mass is 9.67. The van der Waals surface area contributed by atoms with E-state index in [0.717, 1.165) is 44.3 Å². The highest BCUT2D eigenvalue weighted by atomic mass is 16.1. The Morgan fingerprint density at radius 2 is 1.96 bits per heavy atom. The van der Waals surface area contributed by atoms with Gasteiger partial charge in [-0.25, -0.2) is 0 Å². The maximum atomic E-state index is 12.1. The molecule has 2 heterocycles. The molecule has 3 heteroatoms. The summed E-state index contributed by atoms with van der Waals surface area (Å²) in [7, 11) is 2.16. The lowest BCUT2D eigenvalue weighted by Gasteiger charge is -2.37. The van der Waals surface area contributed by atoms with Crippen molar-refractivity contribution in [1.29, 1.82) is 0 Å². The van der Waals surface area contributed by atoms with E-state index in [9.17, 15) is 4.79 Å². The molecule has 3 aromatic rings. The maximum Gasteiger partial charge on any atom is 0.218 e. The second-order valence-corrected chi connectivity index (χ2v) is 8.51. The van der Waals surface area contributed by atoms with Crippen LogP contribution in [-0.4, -0.2) is 29.5 Å². The van der Waals surface area contributed by atoms with Gasteiger partial charge in [0.05, 0.1) is 5.52 Å². The number of allylic oxidation sites excluding steroid dienone is 2.